The molecule has 0 aromatic carbocycles. The van der Waals surface area contributed by atoms with E-state index in [9.17, 15) is 10.1 Å². The van der Waals surface area contributed by atoms with Crippen molar-refractivity contribution in [3.63, 3.8) is 0 Å². The maximum Gasteiger partial charge on any atom is 0.318 e. The predicted octanol–water partition coefficient (Wildman–Crippen LogP) is 2.95. The minimum absolute atomic E-state index is 0.128. The van der Waals surface area contributed by atoms with Crippen molar-refractivity contribution in [3.8, 4) is 12.1 Å². The first kappa shape index (κ1) is 28.4. The van der Waals surface area contributed by atoms with E-state index in [-0.39, 0.29) is 18.4 Å². The number of ether oxygens (including phenoxy) is 1. The van der Waals surface area contributed by atoms with E-state index in [0.29, 0.717) is 38.3 Å². The summed E-state index contributed by atoms with van der Waals surface area (Å²) in [5.41, 5.74) is 6.31. The van der Waals surface area contributed by atoms with Gasteiger partial charge in [-0.1, -0.05) is 6.58 Å². The number of piperazine rings is 1. The first-order valence-corrected chi connectivity index (χ1v) is 15.5. The summed E-state index contributed by atoms with van der Waals surface area (Å²) in [5, 5.41) is 9.55. The van der Waals surface area contributed by atoms with E-state index >= 15 is 0 Å². The summed E-state index contributed by atoms with van der Waals surface area (Å²) >= 11 is 0. The molecule has 3 aliphatic heterocycles. The molecule has 1 amide bonds. The minimum Gasteiger partial charge on any atom is -0.462 e. The Kier molecular flexibility index (Phi) is 8.56. The lowest BCUT2D eigenvalue weighted by Gasteiger charge is -2.41. The van der Waals surface area contributed by atoms with E-state index in [2.05, 4.69) is 39.4 Å². The van der Waals surface area contributed by atoms with Gasteiger partial charge < -0.3 is 24.3 Å². The molecule has 10 nitrogen and oxygen atoms in total. The summed E-state index contributed by atoms with van der Waals surface area (Å²) in [6.07, 6.45) is 14.3. The maximum atomic E-state index is 12.6. The number of carbonyl (C=O) groups is 1. The van der Waals surface area contributed by atoms with Crippen molar-refractivity contribution < 1.29 is 9.53 Å². The fourth-order valence-electron chi connectivity index (χ4n) is 7.13. The Bertz CT molecular complexity index is 1360. The molecular weight excluding hydrogens is 528 g/mol. The van der Waals surface area contributed by atoms with Gasteiger partial charge in [0.05, 0.1) is 36.1 Å². The minimum atomic E-state index is -0.222. The highest BCUT2D eigenvalue weighted by molar-refractivity contribution is 5.87. The third-order valence-corrected chi connectivity index (χ3v) is 9.53. The fraction of sp³-hybridized carbons (Fsp3) is 0.594. The van der Waals surface area contributed by atoms with Crippen LogP contribution < -0.4 is 14.5 Å². The zero-order valence-corrected chi connectivity index (χ0v) is 24.8. The number of likely N-dealkylation sites (N-methyl/N-ethyl adjacent to an activating group) is 1. The Labute approximate surface area is 249 Å². The van der Waals surface area contributed by atoms with Gasteiger partial charge in [0.1, 0.15) is 12.4 Å². The van der Waals surface area contributed by atoms with Gasteiger partial charge in [0, 0.05) is 56.9 Å². The molecule has 4 aliphatic rings. The molecule has 2 aromatic rings. The number of anilines is 2. The highest BCUT2D eigenvalue weighted by atomic mass is 16.5. The van der Waals surface area contributed by atoms with Crippen molar-refractivity contribution >= 4 is 17.4 Å². The van der Waals surface area contributed by atoms with Gasteiger partial charge in [-0.2, -0.15) is 15.2 Å². The summed E-state index contributed by atoms with van der Waals surface area (Å²) in [6.45, 7) is 8.76. The molecule has 0 bridgehead atoms. The van der Waals surface area contributed by atoms with E-state index < -0.39 is 0 Å². The van der Waals surface area contributed by atoms with Crippen molar-refractivity contribution in [2.75, 3.05) is 62.7 Å². The second-order valence-corrected chi connectivity index (χ2v) is 12.0. The molecular formula is C32H42N8O2. The Morgan fingerprint density at radius 3 is 2.69 bits per heavy atom. The summed E-state index contributed by atoms with van der Waals surface area (Å²) in [6, 6.07) is 2.86. The van der Waals surface area contributed by atoms with Crippen LogP contribution in [0.3, 0.4) is 0 Å². The van der Waals surface area contributed by atoms with E-state index in [1.54, 1.807) is 4.90 Å². The molecule has 222 valence electrons. The average molecular weight is 571 g/mol. The number of aromatic nitrogens is 3. The van der Waals surface area contributed by atoms with Crippen molar-refractivity contribution in [1.29, 1.82) is 5.26 Å². The van der Waals surface area contributed by atoms with Crippen molar-refractivity contribution in [1.82, 2.24) is 24.8 Å². The first-order chi connectivity index (χ1) is 20.6. The van der Waals surface area contributed by atoms with Crippen molar-refractivity contribution in [3.05, 3.63) is 47.4 Å². The van der Waals surface area contributed by atoms with E-state index in [0.717, 1.165) is 68.8 Å². The Morgan fingerprint density at radius 1 is 1.02 bits per heavy atom. The molecule has 0 radical (unpaired) electrons. The van der Waals surface area contributed by atoms with Gasteiger partial charge in [-0.25, -0.2) is 0 Å². The molecule has 0 spiro atoms. The lowest BCUT2D eigenvalue weighted by molar-refractivity contribution is -0.128. The number of fused-ring (bicyclic) bond motifs is 2. The van der Waals surface area contributed by atoms with Gasteiger partial charge in [0.25, 0.3) is 0 Å². The number of rotatable bonds is 7. The van der Waals surface area contributed by atoms with Crippen molar-refractivity contribution in [2.24, 2.45) is 0 Å². The van der Waals surface area contributed by atoms with Crippen LogP contribution in [0.25, 0.3) is 0 Å². The third kappa shape index (κ3) is 5.80. The number of nitriles is 1. The maximum absolute atomic E-state index is 12.6. The molecule has 6 rings (SSSR count). The normalized spacial score (nSPS) is 22.6. The van der Waals surface area contributed by atoms with Crippen LogP contribution in [0.1, 0.15) is 54.5 Å². The number of likely N-dealkylation sites (tertiary alicyclic amines) is 1. The number of amides is 1. The summed E-state index contributed by atoms with van der Waals surface area (Å²) in [7, 11) is 2.15. The van der Waals surface area contributed by atoms with E-state index in [1.165, 1.54) is 42.2 Å². The second-order valence-electron chi connectivity index (χ2n) is 12.0. The molecule has 0 N–H and O–H groups in total. The highest BCUT2D eigenvalue weighted by Crippen LogP contribution is 2.34. The molecule has 0 saturated carbocycles. The molecule has 2 aromatic heterocycles. The van der Waals surface area contributed by atoms with Crippen LogP contribution in [0, 0.1) is 11.3 Å². The van der Waals surface area contributed by atoms with Crippen LogP contribution in [0.15, 0.2) is 25.0 Å². The van der Waals surface area contributed by atoms with Crippen LogP contribution in [-0.2, 0) is 30.5 Å². The topological polar surface area (TPSA) is 102 Å². The van der Waals surface area contributed by atoms with E-state index in [4.69, 9.17) is 14.7 Å². The average Bonchev–Trinajstić information content (AvgIpc) is 3.31. The molecule has 10 heteroatoms. The molecule has 5 heterocycles. The summed E-state index contributed by atoms with van der Waals surface area (Å²) in [5.74, 6) is 0.759. The van der Waals surface area contributed by atoms with Gasteiger partial charge in [-0.3, -0.25) is 9.78 Å². The smallest absolute Gasteiger partial charge is 0.318 e. The molecule has 0 unspecified atom stereocenters. The third-order valence-electron chi connectivity index (χ3n) is 9.53. The molecule has 2 atom stereocenters. The zero-order valence-electron chi connectivity index (χ0n) is 24.8. The standard InChI is InChI=1S/C32H42N8O2/c1-3-30(41)40-18-17-39(21-24(40)10-13-33)31-27-11-15-38(29-20-34-19-23-7-4-5-9-26(23)29)16-12-28(27)35-32(36-31)42-22-25-8-6-14-37(25)2/h3,19-20,24-25H,1,4-12,14-18,21-22H2,2H3/t24-,25-/m0/s1. The number of nitrogens with zero attached hydrogens (tertiary/aromatic N) is 8. The Morgan fingerprint density at radius 2 is 1.88 bits per heavy atom. The molecule has 2 fully saturated rings. The van der Waals surface area contributed by atoms with Crippen LogP contribution in [0.4, 0.5) is 11.5 Å². The monoisotopic (exact) mass is 570 g/mol. The first-order valence-electron chi connectivity index (χ1n) is 15.5. The largest absolute Gasteiger partial charge is 0.462 e. The van der Waals surface area contributed by atoms with Crippen LogP contribution >= 0.6 is 0 Å². The van der Waals surface area contributed by atoms with Gasteiger partial charge in [-0.15, -0.1) is 0 Å². The molecule has 42 heavy (non-hydrogen) atoms. The van der Waals surface area contributed by atoms with Gasteiger partial charge in [0.15, 0.2) is 0 Å². The molecule has 1 aliphatic carbocycles. The Balaban J connectivity index is 1.29. The number of hydrogen-bond donors (Lipinski definition) is 0. The Hall–Kier alpha value is -3.71. The number of carbonyl (C=O) groups excluding carboxylic acids is 1. The predicted molar refractivity (Wildman–Crippen MR) is 162 cm³/mol. The number of aryl methyl sites for hydroxylation is 1. The summed E-state index contributed by atoms with van der Waals surface area (Å²) < 4.78 is 6.29. The fourth-order valence-corrected chi connectivity index (χ4v) is 7.13. The van der Waals surface area contributed by atoms with Crippen LogP contribution in [0.2, 0.25) is 0 Å². The summed E-state index contributed by atoms with van der Waals surface area (Å²) in [4.78, 5) is 36.0. The van der Waals surface area contributed by atoms with Gasteiger partial charge in [-0.05, 0) is 75.7 Å². The van der Waals surface area contributed by atoms with Crippen LogP contribution in [-0.4, -0.2) is 95.7 Å². The SMILES string of the molecule is C=CC(=O)N1CCN(c2nc(OC[C@@H]3CCCN3C)nc3c2CCN(c2cncc4c2CCCC4)CC3)C[C@@H]1CC#N. The zero-order chi connectivity index (χ0) is 29.1. The van der Waals surface area contributed by atoms with Crippen molar-refractivity contribution in [2.45, 2.75) is 69.9 Å². The van der Waals surface area contributed by atoms with E-state index in [1.807, 2.05) is 12.4 Å². The quantitative estimate of drug-likeness (QED) is 0.465. The lowest BCUT2D eigenvalue weighted by Crippen LogP contribution is -2.55. The van der Waals surface area contributed by atoms with Gasteiger partial charge >= 0.3 is 6.01 Å². The molecule has 2 saturated heterocycles. The lowest BCUT2D eigenvalue weighted by atomic mass is 9.92. The van der Waals surface area contributed by atoms with Gasteiger partial charge in [0.2, 0.25) is 5.91 Å². The second kappa shape index (κ2) is 12.7. The van der Waals surface area contributed by atoms with Crippen LogP contribution in [0.5, 0.6) is 6.01 Å². The highest BCUT2D eigenvalue weighted by Gasteiger charge is 2.33. The number of pyridine rings is 1. The number of hydrogen-bond acceptors (Lipinski definition) is 9.